The number of para-hydroxylation sites is 1. The monoisotopic (exact) mass is 317 g/mol. The molecule has 2 atom stereocenters. The zero-order valence-electron chi connectivity index (χ0n) is 13.7. The van der Waals surface area contributed by atoms with Gasteiger partial charge in [-0.1, -0.05) is 26.0 Å². The van der Waals surface area contributed by atoms with Gasteiger partial charge in [-0.25, -0.2) is 0 Å². The van der Waals surface area contributed by atoms with Crippen molar-refractivity contribution < 1.29 is 14.6 Å². The number of hydrogen-bond donors (Lipinski definition) is 3. The number of fused-ring (bicyclic) bond motifs is 1. The SMILES string of the molecule is CC(C)[C@](C)(C#N)NC(=O)CNc1cccc2c1OCC[C@H]2O. The zero-order valence-corrected chi connectivity index (χ0v) is 13.7. The van der Waals surface area contributed by atoms with E-state index >= 15 is 0 Å². The zero-order chi connectivity index (χ0) is 17.0. The van der Waals surface area contributed by atoms with Crippen LogP contribution in [-0.4, -0.2) is 29.7 Å². The van der Waals surface area contributed by atoms with Crippen LogP contribution >= 0.6 is 0 Å². The first-order valence-corrected chi connectivity index (χ1v) is 7.77. The summed E-state index contributed by atoms with van der Waals surface area (Å²) in [6.07, 6.45) is 0.0171. The summed E-state index contributed by atoms with van der Waals surface area (Å²) in [6.45, 7) is 5.96. The average Bonchev–Trinajstić information content (AvgIpc) is 2.53. The minimum atomic E-state index is -0.901. The van der Waals surface area contributed by atoms with E-state index in [1.165, 1.54) is 0 Å². The van der Waals surface area contributed by atoms with Gasteiger partial charge in [-0.2, -0.15) is 5.26 Å². The Labute approximate surface area is 136 Å². The van der Waals surface area contributed by atoms with Gasteiger partial charge in [-0.3, -0.25) is 4.79 Å². The summed E-state index contributed by atoms with van der Waals surface area (Å²) in [5.41, 5.74) is 0.493. The molecule has 23 heavy (non-hydrogen) atoms. The van der Waals surface area contributed by atoms with Crippen molar-refractivity contribution in [3.8, 4) is 11.8 Å². The highest BCUT2D eigenvalue weighted by atomic mass is 16.5. The van der Waals surface area contributed by atoms with E-state index in [4.69, 9.17) is 4.74 Å². The quantitative estimate of drug-likeness (QED) is 0.772. The van der Waals surface area contributed by atoms with Crippen molar-refractivity contribution in [2.45, 2.75) is 38.8 Å². The number of amides is 1. The third-order valence-corrected chi connectivity index (χ3v) is 4.27. The molecule has 0 saturated heterocycles. The maximum absolute atomic E-state index is 12.1. The molecule has 1 aliphatic heterocycles. The molecule has 0 radical (unpaired) electrons. The van der Waals surface area contributed by atoms with Crippen LogP contribution in [0, 0.1) is 17.2 Å². The second-order valence-electron chi connectivity index (χ2n) is 6.25. The number of carbonyl (C=O) groups excluding carboxylic acids is 1. The van der Waals surface area contributed by atoms with E-state index in [-0.39, 0.29) is 18.4 Å². The molecule has 0 aromatic heterocycles. The number of rotatable bonds is 5. The Kier molecular flexibility index (Phi) is 5.12. The molecule has 1 amide bonds. The predicted octanol–water partition coefficient (Wildman–Crippen LogP) is 1.97. The summed E-state index contributed by atoms with van der Waals surface area (Å²) in [4.78, 5) is 12.1. The first-order valence-electron chi connectivity index (χ1n) is 7.77. The largest absolute Gasteiger partial charge is 0.491 e. The fraction of sp³-hybridized carbons (Fsp3) is 0.529. The van der Waals surface area contributed by atoms with Gasteiger partial charge in [0.2, 0.25) is 5.91 Å². The molecule has 0 saturated carbocycles. The number of anilines is 1. The highest BCUT2D eigenvalue weighted by molar-refractivity contribution is 5.82. The third-order valence-electron chi connectivity index (χ3n) is 4.27. The van der Waals surface area contributed by atoms with Gasteiger partial charge in [0.15, 0.2) is 0 Å². The Morgan fingerprint density at radius 3 is 2.96 bits per heavy atom. The highest BCUT2D eigenvalue weighted by Gasteiger charge is 2.30. The van der Waals surface area contributed by atoms with E-state index in [2.05, 4.69) is 16.7 Å². The Bertz CT molecular complexity index is 624. The molecule has 2 rings (SSSR count). The minimum absolute atomic E-state index is 0.000541. The summed E-state index contributed by atoms with van der Waals surface area (Å²) in [6, 6.07) is 7.57. The smallest absolute Gasteiger partial charge is 0.240 e. The standard InChI is InChI=1S/C17H23N3O3/c1-11(2)17(3,10-18)20-15(22)9-19-13-6-4-5-12-14(21)7-8-23-16(12)13/h4-6,11,14,19,21H,7-9H2,1-3H3,(H,20,22)/t14-,17+/m1/s1. The van der Waals surface area contributed by atoms with Crippen LogP contribution in [0.4, 0.5) is 5.69 Å². The number of hydrogen-bond acceptors (Lipinski definition) is 5. The van der Waals surface area contributed by atoms with Crippen molar-refractivity contribution in [1.29, 1.82) is 5.26 Å². The van der Waals surface area contributed by atoms with E-state index in [9.17, 15) is 15.2 Å². The number of aliphatic hydroxyl groups is 1. The van der Waals surface area contributed by atoms with Gasteiger partial charge >= 0.3 is 0 Å². The molecule has 1 aromatic rings. The van der Waals surface area contributed by atoms with Crippen LogP contribution in [0.15, 0.2) is 18.2 Å². The lowest BCUT2D eigenvalue weighted by molar-refractivity contribution is -0.121. The summed E-state index contributed by atoms with van der Waals surface area (Å²) < 4.78 is 5.61. The fourth-order valence-electron chi connectivity index (χ4n) is 2.36. The molecule has 0 aliphatic carbocycles. The van der Waals surface area contributed by atoms with Crippen molar-refractivity contribution >= 4 is 11.6 Å². The lowest BCUT2D eigenvalue weighted by Crippen LogP contribution is -2.50. The second kappa shape index (κ2) is 6.88. The number of aliphatic hydroxyl groups excluding tert-OH is 1. The summed E-state index contributed by atoms with van der Waals surface area (Å²) in [5.74, 6) is 0.321. The molecular weight excluding hydrogens is 294 g/mol. The Morgan fingerprint density at radius 2 is 2.30 bits per heavy atom. The maximum atomic E-state index is 12.1. The number of nitrogens with zero attached hydrogens (tertiary/aromatic N) is 1. The predicted molar refractivity (Wildman–Crippen MR) is 87.0 cm³/mol. The van der Waals surface area contributed by atoms with Crippen LogP contribution in [0.5, 0.6) is 5.75 Å². The second-order valence-corrected chi connectivity index (χ2v) is 6.25. The molecule has 6 heteroatoms. The molecule has 1 aromatic carbocycles. The number of ether oxygens (including phenoxy) is 1. The van der Waals surface area contributed by atoms with Gasteiger partial charge in [-0.15, -0.1) is 0 Å². The van der Waals surface area contributed by atoms with Crippen LogP contribution in [0.2, 0.25) is 0 Å². The summed E-state index contributed by atoms with van der Waals surface area (Å²) in [5, 5.41) is 25.0. The number of benzene rings is 1. The van der Waals surface area contributed by atoms with Crippen molar-refractivity contribution in [3.05, 3.63) is 23.8 Å². The Hall–Kier alpha value is -2.26. The number of carbonyl (C=O) groups is 1. The first kappa shape index (κ1) is 17.1. The third kappa shape index (κ3) is 3.74. The van der Waals surface area contributed by atoms with Crippen LogP contribution in [0.25, 0.3) is 0 Å². The highest BCUT2D eigenvalue weighted by Crippen LogP contribution is 2.37. The van der Waals surface area contributed by atoms with Crippen molar-refractivity contribution in [3.63, 3.8) is 0 Å². The number of nitriles is 1. The molecule has 0 fully saturated rings. The van der Waals surface area contributed by atoms with Crippen molar-refractivity contribution in [2.75, 3.05) is 18.5 Å². The first-order chi connectivity index (χ1) is 10.9. The number of nitrogens with one attached hydrogen (secondary N) is 2. The summed E-state index contributed by atoms with van der Waals surface area (Å²) in [7, 11) is 0. The normalized spacial score (nSPS) is 19.0. The lowest BCUT2D eigenvalue weighted by atomic mass is 9.90. The maximum Gasteiger partial charge on any atom is 0.240 e. The van der Waals surface area contributed by atoms with Crippen LogP contribution in [-0.2, 0) is 4.79 Å². The molecule has 0 spiro atoms. The molecule has 1 aliphatic rings. The molecular formula is C17H23N3O3. The molecule has 124 valence electrons. The Morgan fingerprint density at radius 1 is 1.57 bits per heavy atom. The minimum Gasteiger partial charge on any atom is -0.491 e. The van der Waals surface area contributed by atoms with E-state index in [1.807, 2.05) is 26.0 Å². The Balaban J connectivity index is 2.03. The van der Waals surface area contributed by atoms with Gasteiger partial charge in [0.1, 0.15) is 11.3 Å². The van der Waals surface area contributed by atoms with Crippen molar-refractivity contribution in [2.24, 2.45) is 5.92 Å². The molecule has 3 N–H and O–H groups in total. The van der Waals surface area contributed by atoms with Gasteiger partial charge in [0, 0.05) is 12.0 Å². The lowest BCUT2D eigenvalue weighted by Gasteiger charge is -2.28. The van der Waals surface area contributed by atoms with E-state index in [0.29, 0.717) is 24.5 Å². The topological polar surface area (TPSA) is 94.4 Å². The molecule has 6 nitrogen and oxygen atoms in total. The fourth-order valence-corrected chi connectivity index (χ4v) is 2.36. The van der Waals surface area contributed by atoms with Crippen LogP contribution in [0.3, 0.4) is 0 Å². The molecule has 0 unspecified atom stereocenters. The van der Waals surface area contributed by atoms with Crippen LogP contribution < -0.4 is 15.4 Å². The van der Waals surface area contributed by atoms with E-state index < -0.39 is 11.6 Å². The van der Waals surface area contributed by atoms with Crippen molar-refractivity contribution in [1.82, 2.24) is 5.32 Å². The van der Waals surface area contributed by atoms with E-state index in [1.54, 1.807) is 13.0 Å². The average molecular weight is 317 g/mol. The van der Waals surface area contributed by atoms with Gasteiger partial charge in [-0.05, 0) is 18.9 Å². The van der Waals surface area contributed by atoms with Crippen LogP contribution in [0.1, 0.15) is 38.9 Å². The van der Waals surface area contributed by atoms with Gasteiger partial charge in [0.25, 0.3) is 0 Å². The van der Waals surface area contributed by atoms with Gasteiger partial charge in [0.05, 0.1) is 31.0 Å². The summed E-state index contributed by atoms with van der Waals surface area (Å²) >= 11 is 0. The molecule has 1 heterocycles. The van der Waals surface area contributed by atoms with E-state index in [0.717, 1.165) is 5.56 Å². The molecule has 0 bridgehead atoms. The van der Waals surface area contributed by atoms with Gasteiger partial charge < -0.3 is 20.5 Å².